The average molecular weight is 301 g/mol. The van der Waals surface area contributed by atoms with E-state index in [-0.39, 0.29) is 6.04 Å². The molecule has 0 bridgehead atoms. The molecule has 92 valence electrons. The van der Waals surface area contributed by atoms with Crippen molar-refractivity contribution in [3.8, 4) is 0 Å². The first-order chi connectivity index (χ1) is 8.19. The van der Waals surface area contributed by atoms with Gasteiger partial charge in [0, 0.05) is 25.5 Å². The Morgan fingerprint density at radius 3 is 2.94 bits per heavy atom. The molecule has 1 N–H and O–H groups in total. The Hall–Kier alpha value is -1.37. The van der Waals surface area contributed by atoms with Gasteiger partial charge in [0.05, 0.1) is 17.6 Å². The van der Waals surface area contributed by atoms with Gasteiger partial charge in [-0.15, -0.1) is 0 Å². The van der Waals surface area contributed by atoms with Crippen molar-refractivity contribution in [1.29, 1.82) is 0 Å². The molecule has 1 saturated heterocycles. The van der Waals surface area contributed by atoms with Crippen LogP contribution in [0, 0.1) is 0 Å². The maximum absolute atomic E-state index is 11.1. The fourth-order valence-corrected chi connectivity index (χ4v) is 1.96. The van der Waals surface area contributed by atoms with Gasteiger partial charge >= 0.3 is 6.09 Å². The highest BCUT2D eigenvalue weighted by Gasteiger charge is 2.25. The summed E-state index contributed by atoms with van der Waals surface area (Å²) in [5.74, 6) is 0.683. The molecule has 0 saturated carbocycles. The van der Waals surface area contributed by atoms with Crippen molar-refractivity contribution in [2.45, 2.75) is 12.5 Å². The van der Waals surface area contributed by atoms with Crippen LogP contribution in [0.2, 0.25) is 0 Å². The molecule has 1 fully saturated rings. The lowest BCUT2D eigenvalue weighted by atomic mass is 10.3. The van der Waals surface area contributed by atoms with Gasteiger partial charge in [0.1, 0.15) is 0 Å². The van der Waals surface area contributed by atoms with Crippen molar-refractivity contribution in [3.63, 3.8) is 0 Å². The van der Waals surface area contributed by atoms with Gasteiger partial charge in [0.25, 0.3) is 0 Å². The van der Waals surface area contributed by atoms with Crippen LogP contribution in [-0.2, 0) is 4.74 Å². The summed E-state index contributed by atoms with van der Waals surface area (Å²) in [4.78, 5) is 21.5. The molecule has 1 aromatic heterocycles. The van der Waals surface area contributed by atoms with Gasteiger partial charge in [0.15, 0.2) is 0 Å². The van der Waals surface area contributed by atoms with E-state index >= 15 is 0 Å². The minimum Gasteiger partial charge on any atom is -0.453 e. The van der Waals surface area contributed by atoms with Crippen LogP contribution in [0.5, 0.6) is 0 Å². The van der Waals surface area contributed by atoms with Crippen molar-refractivity contribution in [3.05, 3.63) is 16.9 Å². The Morgan fingerprint density at radius 1 is 1.59 bits per heavy atom. The van der Waals surface area contributed by atoms with Gasteiger partial charge in [0.2, 0.25) is 5.95 Å². The molecule has 0 spiro atoms. The van der Waals surface area contributed by atoms with E-state index < -0.39 is 6.09 Å². The molecule has 6 nitrogen and oxygen atoms in total. The largest absolute Gasteiger partial charge is 0.453 e. The molecule has 1 atom stereocenters. The number of carbonyl (C=O) groups excluding carboxylic acids is 1. The highest BCUT2D eigenvalue weighted by Crippen LogP contribution is 2.17. The number of nitrogens with one attached hydrogen (secondary N) is 1. The minimum absolute atomic E-state index is 0.0923. The molecular formula is C10H13BrN4O2. The Balaban J connectivity index is 1.93. The molecular weight excluding hydrogens is 288 g/mol. The van der Waals surface area contributed by atoms with E-state index in [2.05, 4.69) is 36.0 Å². The molecule has 1 aliphatic heterocycles. The molecule has 1 unspecified atom stereocenters. The molecule has 2 rings (SSSR count). The number of methoxy groups -OCH3 is 1. The maximum atomic E-state index is 11.1. The van der Waals surface area contributed by atoms with Gasteiger partial charge in [-0.1, -0.05) is 0 Å². The summed E-state index contributed by atoms with van der Waals surface area (Å²) < 4.78 is 5.41. The summed E-state index contributed by atoms with van der Waals surface area (Å²) in [5, 5.41) is 2.77. The number of aromatic nitrogens is 2. The van der Waals surface area contributed by atoms with Crippen LogP contribution in [-0.4, -0.2) is 42.3 Å². The van der Waals surface area contributed by atoms with Gasteiger partial charge < -0.3 is 15.0 Å². The zero-order valence-electron chi connectivity index (χ0n) is 9.39. The fraction of sp³-hybridized carbons (Fsp3) is 0.500. The van der Waals surface area contributed by atoms with Crippen LogP contribution >= 0.6 is 15.9 Å². The normalized spacial score (nSPS) is 19.2. The average Bonchev–Trinajstić information content (AvgIpc) is 2.78. The molecule has 1 aromatic rings. The van der Waals surface area contributed by atoms with Crippen molar-refractivity contribution in [2.75, 3.05) is 25.1 Å². The third-order valence-corrected chi connectivity index (χ3v) is 2.99. The Kier molecular flexibility index (Phi) is 3.78. The lowest BCUT2D eigenvalue weighted by Gasteiger charge is -2.16. The second-order valence-corrected chi connectivity index (χ2v) is 4.68. The van der Waals surface area contributed by atoms with Crippen LogP contribution < -0.4 is 10.2 Å². The second-order valence-electron chi connectivity index (χ2n) is 3.77. The van der Waals surface area contributed by atoms with Crippen LogP contribution in [0.25, 0.3) is 0 Å². The molecule has 0 aliphatic carbocycles. The van der Waals surface area contributed by atoms with E-state index in [0.717, 1.165) is 17.4 Å². The number of amides is 1. The van der Waals surface area contributed by atoms with E-state index in [0.29, 0.717) is 12.5 Å². The Morgan fingerprint density at radius 2 is 2.29 bits per heavy atom. The molecule has 1 amide bonds. The van der Waals surface area contributed by atoms with Crippen molar-refractivity contribution in [1.82, 2.24) is 15.3 Å². The number of hydrogen-bond acceptors (Lipinski definition) is 5. The zero-order valence-corrected chi connectivity index (χ0v) is 11.0. The van der Waals surface area contributed by atoms with E-state index in [4.69, 9.17) is 0 Å². The number of halogens is 1. The highest BCUT2D eigenvalue weighted by atomic mass is 79.9. The maximum Gasteiger partial charge on any atom is 0.407 e. The van der Waals surface area contributed by atoms with Gasteiger partial charge in [-0.05, 0) is 22.4 Å². The van der Waals surface area contributed by atoms with Crippen LogP contribution in [0.15, 0.2) is 16.9 Å². The third kappa shape index (κ3) is 3.06. The zero-order chi connectivity index (χ0) is 12.3. The summed E-state index contributed by atoms with van der Waals surface area (Å²) in [5.41, 5.74) is 0. The van der Waals surface area contributed by atoms with Gasteiger partial charge in [-0.2, -0.15) is 0 Å². The van der Waals surface area contributed by atoms with Crippen LogP contribution in [0.4, 0.5) is 10.7 Å². The van der Waals surface area contributed by atoms with Gasteiger partial charge in [-0.25, -0.2) is 14.8 Å². The number of hydrogen-bond donors (Lipinski definition) is 1. The van der Waals surface area contributed by atoms with E-state index in [9.17, 15) is 4.79 Å². The number of nitrogens with zero attached hydrogens (tertiary/aromatic N) is 3. The molecule has 0 radical (unpaired) electrons. The topological polar surface area (TPSA) is 67.3 Å². The first-order valence-corrected chi connectivity index (χ1v) is 6.05. The van der Waals surface area contributed by atoms with E-state index in [1.807, 2.05) is 4.90 Å². The monoisotopic (exact) mass is 300 g/mol. The number of alkyl carbamates (subject to hydrolysis) is 1. The fourth-order valence-electron chi connectivity index (χ4n) is 1.75. The van der Waals surface area contributed by atoms with Crippen LogP contribution in [0.3, 0.4) is 0 Å². The van der Waals surface area contributed by atoms with Crippen molar-refractivity contribution < 1.29 is 9.53 Å². The SMILES string of the molecule is COC(=O)NC1CCN(c2ncc(Br)cn2)C1. The lowest BCUT2D eigenvalue weighted by molar-refractivity contribution is 0.167. The van der Waals surface area contributed by atoms with Crippen molar-refractivity contribution in [2.24, 2.45) is 0 Å². The molecule has 2 heterocycles. The Labute approximate surface area is 108 Å². The highest BCUT2D eigenvalue weighted by molar-refractivity contribution is 9.10. The second kappa shape index (κ2) is 5.31. The number of anilines is 1. The molecule has 7 heteroatoms. The molecule has 17 heavy (non-hydrogen) atoms. The van der Waals surface area contributed by atoms with E-state index in [1.54, 1.807) is 12.4 Å². The van der Waals surface area contributed by atoms with Crippen LogP contribution in [0.1, 0.15) is 6.42 Å². The number of ether oxygens (including phenoxy) is 1. The summed E-state index contributed by atoms with van der Waals surface area (Å²) in [7, 11) is 1.36. The van der Waals surface area contributed by atoms with Gasteiger partial charge in [-0.3, -0.25) is 0 Å². The lowest BCUT2D eigenvalue weighted by Crippen LogP contribution is -2.37. The number of rotatable bonds is 2. The predicted octanol–water partition coefficient (Wildman–Crippen LogP) is 1.17. The van der Waals surface area contributed by atoms with E-state index in [1.165, 1.54) is 7.11 Å². The molecule has 0 aromatic carbocycles. The minimum atomic E-state index is -0.395. The first-order valence-electron chi connectivity index (χ1n) is 5.26. The summed E-state index contributed by atoms with van der Waals surface area (Å²) in [6, 6.07) is 0.0923. The molecule has 1 aliphatic rings. The standard InChI is InChI=1S/C10H13BrN4O2/c1-17-10(16)14-8-2-3-15(6-8)9-12-4-7(11)5-13-9/h4-5,8H,2-3,6H2,1H3,(H,14,16). The van der Waals surface area contributed by atoms with Crippen molar-refractivity contribution >= 4 is 28.0 Å². The predicted molar refractivity (Wildman–Crippen MR) is 65.9 cm³/mol. The first kappa shape index (κ1) is 12.1. The number of carbonyl (C=O) groups is 1. The summed E-state index contributed by atoms with van der Waals surface area (Å²) in [6.07, 6.45) is 3.90. The quantitative estimate of drug-likeness (QED) is 0.888. The summed E-state index contributed by atoms with van der Waals surface area (Å²) >= 11 is 3.29. The Bertz CT molecular complexity index is 398. The third-order valence-electron chi connectivity index (χ3n) is 2.59. The summed E-state index contributed by atoms with van der Waals surface area (Å²) in [6.45, 7) is 1.53. The smallest absolute Gasteiger partial charge is 0.407 e.